The minimum Gasteiger partial charge on any atom is -0.315 e. The lowest BCUT2D eigenvalue weighted by Crippen LogP contribution is -2.29. The predicted octanol–water partition coefficient (Wildman–Crippen LogP) is 3.86. The lowest BCUT2D eigenvalue weighted by Gasteiger charge is -2.20. The van der Waals surface area contributed by atoms with Crippen LogP contribution in [0.2, 0.25) is 5.02 Å². The molecule has 0 amide bonds. The number of rotatable bonds is 5. The molecule has 0 radical (unpaired) electrons. The molecule has 0 bridgehead atoms. The number of nitrogens with one attached hydrogen (secondary N) is 1. The third-order valence-electron chi connectivity index (χ3n) is 3.73. The maximum Gasteiger partial charge on any atom is 0.255 e. The van der Waals surface area contributed by atoms with Gasteiger partial charge in [-0.1, -0.05) is 36.7 Å². The molecule has 2 aromatic rings. The second-order valence-corrected chi connectivity index (χ2v) is 5.65. The molecule has 0 aliphatic rings. The van der Waals surface area contributed by atoms with Gasteiger partial charge in [-0.25, -0.2) is 0 Å². The monoisotopic (exact) mass is 304 g/mol. The lowest BCUT2D eigenvalue weighted by molar-refractivity contribution is 0.515. The van der Waals surface area contributed by atoms with Crippen LogP contribution in [0.5, 0.6) is 0 Å². The fraction of sp³-hybridized carbons (Fsp3) is 0.353. The molecule has 2 rings (SSSR count). The Bertz CT molecular complexity index is 661. The number of hydrogen-bond donors (Lipinski definition) is 1. The van der Waals surface area contributed by atoms with E-state index in [1.165, 1.54) is 0 Å². The van der Waals surface area contributed by atoms with Gasteiger partial charge in [0.2, 0.25) is 0 Å². The number of pyridine rings is 1. The van der Waals surface area contributed by atoms with E-state index in [1.54, 1.807) is 0 Å². The third-order valence-corrected chi connectivity index (χ3v) is 3.99. The van der Waals surface area contributed by atoms with Crippen LogP contribution in [0.4, 0.5) is 0 Å². The van der Waals surface area contributed by atoms with Crippen LogP contribution < -0.4 is 10.9 Å². The molecule has 1 N–H and O–H groups in total. The Hall–Kier alpha value is -1.58. The molecule has 21 heavy (non-hydrogen) atoms. The summed E-state index contributed by atoms with van der Waals surface area (Å²) in [5.74, 6) is 0. The van der Waals surface area contributed by atoms with Gasteiger partial charge in [0, 0.05) is 23.2 Å². The first kappa shape index (κ1) is 15.8. The van der Waals surface area contributed by atoms with Gasteiger partial charge in [-0.2, -0.15) is 0 Å². The number of aromatic nitrogens is 1. The van der Waals surface area contributed by atoms with Crippen molar-refractivity contribution in [3.8, 4) is 11.3 Å². The van der Waals surface area contributed by atoms with Crippen LogP contribution in [-0.4, -0.2) is 11.6 Å². The SMILES string of the molecule is CCC(C)n1c(-c2ccc(Cl)cc2)ccc(CNC)c1=O. The number of hydrogen-bond acceptors (Lipinski definition) is 2. The molecule has 1 aromatic heterocycles. The van der Waals surface area contributed by atoms with Gasteiger partial charge in [0.15, 0.2) is 0 Å². The number of halogens is 1. The lowest BCUT2D eigenvalue weighted by atomic mass is 10.1. The molecule has 0 spiro atoms. The smallest absolute Gasteiger partial charge is 0.255 e. The maximum absolute atomic E-state index is 12.7. The standard InChI is InChI=1S/C17H21ClN2O/c1-4-12(2)20-16(13-5-8-15(18)9-6-13)10-7-14(11-19-3)17(20)21/h5-10,12,19H,4,11H2,1-3H3. The second-order valence-electron chi connectivity index (χ2n) is 5.21. The molecule has 1 heterocycles. The summed E-state index contributed by atoms with van der Waals surface area (Å²) >= 11 is 5.95. The highest BCUT2D eigenvalue weighted by molar-refractivity contribution is 6.30. The molecular weight excluding hydrogens is 284 g/mol. The summed E-state index contributed by atoms with van der Waals surface area (Å²) in [7, 11) is 1.85. The van der Waals surface area contributed by atoms with Crippen molar-refractivity contribution >= 4 is 11.6 Å². The quantitative estimate of drug-likeness (QED) is 0.910. The van der Waals surface area contributed by atoms with E-state index in [2.05, 4.69) is 19.2 Å². The third kappa shape index (κ3) is 3.36. The summed E-state index contributed by atoms with van der Waals surface area (Å²) in [6, 6.07) is 11.7. The van der Waals surface area contributed by atoms with Gasteiger partial charge in [-0.3, -0.25) is 4.79 Å². The first-order valence-corrected chi connectivity index (χ1v) is 7.61. The summed E-state index contributed by atoms with van der Waals surface area (Å²) in [5, 5.41) is 3.74. The van der Waals surface area contributed by atoms with Crippen molar-refractivity contribution in [3.05, 3.63) is 57.3 Å². The normalized spacial score (nSPS) is 12.4. The molecular formula is C17H21ClN2O. The van der Waals surface area contributed by atoms with E-state index >= 15 is 0 Å². The molecule has 1 unspecified atom stereocenters. The molecule has 0 aliphatic carbocycles. The van der Waals surface area contributed by atoms with Crippen LogP contribution in [0.1, 0.15) is 31.9 Å². The summed E-state index contributed by atoms with van der Waals surface area (Å²) in [6.45, 7) is 4.74. The second kappa shape index (κ2) is 6.92. The fourth-order valence-electron chi connectivity index (χ4n) is 2.40. The zero-order chi connectivity index (χ0) is 15.4. The van der Waals surface area contributed by atoms with E-state index in [1.807, 2.05) is 48.0 Å². The van der Waals surface area contributed by atoms with Crippen LogP contribution in [0.25, 0.3) is 11.3 Å². The largest absolute Gasteiger partial charge is 0.315 e. The van der Waals surface area contributed by atoms with E-state index in [9.17, 15) is 4.79 Å². The van der Waals surface area contributed by atoms with Gasteiger partial charge in [-0.15, -0.1) is 0 Å². The molecule has 112 valence electrons. The molecule has 1 aromatic carbocycles. The van der Waals surface area contributed by atoms with Gasteiger partial charge in [-0.05, 0) is 44.2 Å². The minimum atomic E-state index is 0.0751. The van der Waals surface area contributed by atoms with E-state index < -0.39 is 0 Å². The minimum absolute atomic E-state index is 0.0751. The first-order valence-electron chi connectivity index (χ1n) is 7.23. The van der Waals surface area contributed by atoms with E-state index in [-0.39, 0.29) is 11.6 Å². The van der Waals surface area contributed by atoms with Gasteiger partial charge in [0.05, 0.1) is 5.69 Å². The Morgan fingerprint density at radius 3 is 2.43 bits per heavy atom. The zero-order valence-corrected chi connectivity index (χ0v) is 13.4. The average Bonchev–Trinajstić information content (AvgIpc) is 2.49. The van der Waals surface area contributed by atoms with Crippen molar-refractivity contribution < 1.29 is 0 Å². The molecule has 0 aliphatic heterocycles. The summed E-state index contributed by atoms with van der Waals surface area (Å²) in [4.78, 5) is 12.7. The van der Waals surface area contributed by atoms with E-state index in [0.29, 0.717) is 11.6 Å². The molecule has 1 atom stereocenters. The summed E-state index contributed by atoms with van der Waals surface area (Å²) in [6.07, 6.45) is 0.906. The molecule has 3 nitrogen and oxygen atoms in total. The summed E-state index contributed by atoms with van der Waals surface area (Å²) < 4.78 is 1.88. The predicted molar refractivity (Wildman–Crippen MR) is 88.9 cm³/mol. The average molecular weight is 305 g/mol. The highest BCUT2D eigenvalue weighted by Gasteiger charge is 2.14. The van der Waals surface area contributed by atoms with Gasteiger partial charge in [0.1, 0.15) is 0 Å². The Balaban J connectivity index is 2.62. The summed E-state index contributed by atoms with van der Waals surface area (Å²) in [5.41, 5.74) is 2.81. The van der Waals surface area contributed by atoms with E-state index in [0.717, 1.165) is 23.2 Å². The van der Waals surface area contributed by atoms with E-state index in [4.69, 9.17) is 11.6 Å². The van der Waals surface area contributed by atoms with Crippen LogP contribution in [0.3, 0.4) is 0 Å². The van der Waals surface area contributed by atoms with Crippen LogP contribution in [-0.2, 0) is 6.54 Å². The maximum atomic E-state index is 12.7. The number of nitrogens with zero attached hydrogens (tertiary/aromatic N) is 1. The molecule has 4 heteroatoms. The van der Waals surface area contributed by atoms with Crippen molar-refractivity contribution in [2.45, 2.75) is 32.9 Å². The topological polar surface area (TPSA) is 34.0 Å². The van der Waals surface area contributed by atoms with Crippen molar-refractivity contribution in [2.24, 2.45) is 0 Å². The molecule has 0 saturated carbocycles. The van der Waals surface area contributed by atoms with Gasteiger partial charge in [0.25, 0.3) is 5.56 Å². The zero-order valence-electron chi connectivity index (χ0n) is 12.7. The van der Waals surface area contributed by atoms with Crippen molar-refractivity contribution in [1.82, 2.24) is 9.88 Å². The van der Waals surface area contributed by atoms with Crippen LogP contribution >= 0.6 is 11.6 Å². The Labute approximate surface area is 130 Å². The Kier molecular flexibility index (Phi) is 5.21. The van der Waals surface area contributed by atoms with Crippen LogP contribution in [0.15, 0.2) is 41.2 Å². The highest BCUT2D eigenvalue weighted by Crippen LogP contribution is 2.24. The van der Waals surface area contributed by atoms with Crippen LogP contribution in [0, 0.1) is 0 Å². The van der Waals surface area contributed by atoms with Crippen molar-refractivity contribution in [2.75, 3.05) is 7.05 Å². The fourth-order valence-corrected chi connectivity index (χ4v) is 2.52. The Morgan fingerprint density at radius 2 is 1.86 bits per heavy atom. The van der Waals surface area contributed by atoms with Crippen molar-refractivity contribution in [3.63, 3.8) is 0 Å². The molecule has 0 fully saturated rings. The molecule has 0 saturated heterocycles. The highest BCUT2D eigenvalue weighted by atomic mass is 35.5. The first-order chi connectivity index (χ1) is 10.1. The number of benzene rings is 1. The van der Waals surface area contributed by atoms with Gasteiger partial charge < -0.3 is 9.88 Å². The Morgan fingerprint density at radius 1 is 1.19 bits per heavy atom. The van der Waals surface area contributed by atoms with Gasteiger partial charge >= 0.3 is 0 Å². The van der Waals surface area contributed by atoms with Crippen molar-refractivity contribution in [1.29, 1.82) is 0 Å².